The molecular weight excluding hydrogens is 164 g/mol. The molecule has 0 aliphatic rings. The number of anilines is 1. The number of hydrogen-bond donors (Lipinski definition) is 1. The highest BCUT2D eigenvalue weighted by molar-refractivity contribution is 5.56. The lowest BCUT2D eigenvalue weighted by molar-refractivity contribution is 0.244. The Kier molecular flexibility index (Phi) is 2.76. The zero-order valence-electron chi connectivity index (χ0n) is 7.74. The Hall–Kier alpha value is -1.69. The predicted molar refractivity (Wildman–Crippen MR) is 51.3 cm³/mol. The molecule has 1 rings (SSSR count). The highest BCUT2D eigenvalue weighted by Crippen LogP contribution is 2.23. The molecule has 0 aromatic heterocycles. The maximum absolute atomic E-state index is 8.64. The van der Waals surface area contributed by atoms with E-state index in [0.29, 0.717) is 17.0 Å². The largest absolute Gasteiger partial charge is 0.489 e. The van der Waals surface area contributed by atoms with Gasteiger partial charge >= 0.3 is 0 Å². The van der Waals surface area contributed by atoms with Crippen molar-refractivity contribution in [1.82, 2.24) is 0 Å². The molecule has 0 unspecified atom stereocenters. The predicted octanol–water partition coefficient (Wildman–Crippen LogP) is 1.93. The third-order valence-corrected chi connectivity index (χ3v) is 1.51. The van der Waals surface area contributed by atoms with E-state index in [0.717, 1.165) is 0 Å². The van der Waals surface area contributed by atoms with Gasteiger partial charge in [-0.3, -0.25) is 0 Å². The molecule has 0 saturated carbocycles. The number of nitrogens with two attached hydrogens (primary N) is 1. The third-order valence-electron chi connectivity index (χ3n) is 1.51. The van der Waals surface area contributed by atoms with Crippen molar-refractivity contribution in [2.45, 2.75) is 20.0 Å². The highest BCUT2D eigenvalue weighted by atomic mass is 16.5. The number of nitrogen functional groups attached to an aromatic ring is 1. The zero-order chi connectivity index (χ0) is 9.84. The molecule has 0 aliphatic carbocycles. The summed E-state index contributed by atoms with van der Waals surface area (Å²) in [5.41, 5.74) is 6.78. The Morgan fingerprint density at radius 3 is 2.69 bits per heavy atom. The highest BCUT2D eigenvalue weighted by Gasteiger charge is 2.03. The van der Waals surface area contributed by atoms with E-state index in [1.807, 2.05) is 19.9 Å². The fraction of sp³-hybridized carbons (Fsp3) is 0.300. The van der Waals surface area contributed by atoms with Crippen molar-refractivity contribution < 1.29 is 4.74 Å². The van der Waals surface area contributed by atoms with Crippen LogP contribution in [0.2, 0.25) is 0 Å². The molecule has 68 valence electrons. The van der Waals surface area contributed by atoms with Crippen LogP contribution in [0.5, 0.6) is 5.75 Å². The Labute approximate surface area is 77.7 Å². The molecule has 1 aromatic carbocycles. The van der Waals surface area contributed by atoms with Gasteiger partial charge in [0.25, 0.3) is 0 Å². The quantitative estimate of drug-likeness (QED) is 0.700. The monoisotopic (exact) mass is 176 g/mol. The molecule has 0 spiro atoms. The van der Waals surface area contributed by atoms with Crippen LogP contribution >= 0.6 is 0 Å². The van der Waals surface area contributed by atoms with Gasteiger partial charge in [0.2, 0.25) is 0 Å². The van der Waals surface area contributed by atoms with Crippen molar-refractivity contribution in [2.24, 2.45) is 0 Å². The van der Waals surface area contributed by atoms with Crippen LogP contribution in [0.1, 0.15) is 19.4 Å². The second-order valence-corrected chi connectivity index (χ2v) is 3.03. The summed E-state index contributed by atoms with van der Waals surface area (Å²) in [5.74, 6) is 0.578. The average Bonchev–Trinajstić information content (AvgIpc) is 2.08. The number of rotatable bonds is 2. The van der Waals surface area contributed by atoms with Crippen LogP contribution < -0.4 is 10.5 Å². The summed E-state index contributed by atoms with van der Waals surface area (Å²) in [6, 6.07) is 7.03. The van der Waals surface area contributed by atoms with E-state index >= 15 is 0 Å². The summed E-state index contributed by atoms with van der Waals surface area (Å²) < 4.78 is 5.41. The molecule has 0 fully saturated rings. The van der Waals surface area contributed by atoms with Gasteiger partial charge < -0.3 is 10.5 Å². The lowest BCUT2D eigenvalue weighted by Crippen LogP contribution is -2.07. The zero-order valence-corrected chi connectivity index (χ0v) is 7.74. The van der Waals surface area contributed by atoms with E-state index in [2.05, 4.69) is 0 Å². The molecule has 3 heteroatoms. The van der Waals surface area contributed by atoms with Crippen molar-refractivity contribution in [1.29, 1.82) is 5.26 Å². The minimum atomic E-state index is 0.0660. The van der Waals surface area contributed by atoms with E-state index < -0.39 is 0 Å². The van der Waals surface area contributed by atoms with E-state index in [1.165, 1.54) is 0 Å². The first-order valence-corrected chi connectivity index (χ1v) is 4.09. The fourth-order valence-electron chi connectivity index (χ4n) is 0.960. The van der Waals surface area contributed by atoms with E-state index in [9.17, 15) is 0 Å². The van der Waals surface area contributed by atoms with Crippen molar-refractivity contribution in [2.75, 3.05) is 5.73 Å². The number of hydrogen-bond acceptors (Lipinski definition) is 3. The Bertz CT molecular complexity index is 339. The first-order chi connectivity index (χ1) is 6.13. The third kappa shape index (κ3) is 2.38. The van der Waals surface area contributed by atoms with E-state index in [-0.39, 0.29) is 6.10 Å². The number of nitriles is 1. The van der Waals surface area contributed by atoms with Crippen LogP contribution in [-0.2, 0) is 0 Å². The summed E-state index contributed by atoms with van der Waals surface area (Å²) in [6.07, 6.45) is 0.0660. The van der Waals surface area contributed by atoms with Gasteiger partial charge in [-0.05, 0) is 26.0 Å². The van der Waals surface area contributed by atoms with Crippen LogP contribution in [0.25, 0.3) is 0 Å². The first kappa shape index (κ1) is 9.40. The molecule has 0 heterocycles. The van der Waals surface area contributed by atoms with Gasteiger partial charge in [-0.1, -0.05) is 0 Å². The summed E-state index contributed by atoms with van der Waals surface area (Å²) in [4.78, 5) is 0. The van der Waals surface area contributed by atoms with Crippen LogP contribution in [0.3, 0.4) is 0 Å². The van der Waals surface area contributed by atoms with Gasteiger partial charge in [0, 0.05) is 6.07 Å². The van der Waals surface area contributed by atoms with E-state index in [4.69, 9.17) is 15.7 Å². The molecule has 13 heavy (non-hydrogen) atoms. The standard InChI is InChI=1S/C10H12N2O/c1-7(2)13-10-5-8(6-11)3-4-9(10)12/h3-5,7H,12H2,1-2H3. The van der Waals surface area contributed by atoms with Crippen LogP contribution in [0.4, 0.5) is 5.69 Å². The topological polar surface area (TPSA) is 59.0 Å². The Balaban J connectivity index is 2.99. The van der Waals surface area contributed by atoms with Crippen LogP contribution in [0.15, 0.2) is 18.2 Å². The van der Waals surface area contributed by atoms with Crippen molar-refractivity contribution in [3.63, 3.8) is 0 Å². The normalized spacial score (nSPS) is 9.69. The maximum atomic E-state index is 8.64. The fourth-order valence-corrected chi connectivity index (χ4v) is 0.960. The molecule has 0 saturated heterocycles. The van der Waals surface area contributed by atoms with Gasteiger partial charge in [-0.15, -0.1) is 0 Å². The minimum absolute atomic E-state index is 0.0660. The number of ether oxygens (including phenoxy) is 1. The summed E-state index contributed by atoms with van der Waals surface area (Å²) in [5, 5.41) is 8.64. The first-order valence-electron chi connectivity index (χ1n) is 4.09. The van der Waals surface area contributed by atoms with Crippen molar-refractivity contribution in [3.05, 3.63) is 23.8 Å². The molecular formula is C10H12N2O. The lowest BCUT2D eigenvalue weighted by Gasteiger charge is -2.11. The summed E-state index contributed by atoms with van der Waals surface area (Å²) in [7, 11) is 0. The van der Waals surface area contributed by atoms with Gasteiger partial charge in [0.05, 0.1) is 23.4 Å². The van der Waals surface area contributed by atoms with Crippen molar-refractivity contribution >= 4 is 5.69 Å². The molecule has 1 aromatic rings. The smallest absolute Gasteiger partial charge is 0.143 e. The van der Waals surface area contributed by atoms with Gasteiger partial charge in [-0.2, -0.15) is 5.26 Å². The number of benzene rings is 1. The molecule has 0 amide bonds. The molecule has 2 N–H and O–H groups in total. The molecule has 3 nitrogen and oxygen atoms in total. The summed E-state index contributed by atoms with van der Waals surface area (Å²) >= 11 is 0. The molecule has 0 atom stereocenters. The molecule has 0 aliphatic heterocycles. The Morgan fingerprint density at radius 1 is 1.46 bits per heavy atom. The van der Waals surface area contributed by atoms with Crippen molar-refractivity contribution in [3.8, 4) is 11.8 Å². The maximum Gasteiger partial charge on any atom is 0.143 e. The van der Waals surface area contributed by atoms with Crippen LogP contribution in [0, 0.1) is 11.3 Å². The van der Waals surface area contributed by atoms with E-state index in [1.54, 1.807) is 18.2 Å². The molecule has 0 bridgehead atoms. The minimum Gasteiger partial charge on any atom is -0.489 e. The lowest BCUT2D eigenvalue weighted by atomic mass is 10.2. The van der Waals surface area contributed by atoms with Crippen LogP contribution in [-0.4, -0.2) is 6.10 Å². The average molecular weight is 176 g/mol. The van der Waals surface area contributed by atoms with Gasteiger partial charge in [0.15, 0.2) is 0 Å². The Morgan fingerprint density at radius 2 is 2.15 bits per heavy atom. The second-order valence-electron chi connectivity index (χ2n) is 3.03. The van der Waals surface area contributed by atoms with Gasteiger partial charge in [-0.25, -0.2) is 0 Å². The van der Waals surface area contributed by atoms with Gasteiger partial charge in [0.1, 0.15) is 5.75 Å². The second kappa shape index (κ2) is 3.81. The molecule has 0 radical (unpaired) electrons. The SMILES string of the molecule is CC(C)Oc1cc(C#N)ccc1N. The summed E-state index contributed by atoms with van der Waals surface area (Å²) in [6.45, 7) is 3.83. The number of nitrogens with zero attached hydrogens (tertiary/aromatic N) is 1.